The highest BCUT2D eigenvalue weighted by atomic mass is 16.2. The predicted octanol–water partition coefficient (Wildman–Crippen LogP) is 3.65. The van der Waals surface area contributed by atoms with E-state index in [1.807, 2.05) is 36.1 Å². The molecule has 0 bridgehead atoms. The first-order valence-corrected chi connectivity index (χ1v) is 9.28. The SMILES string of the molecule is CCC(C)c1ccc(NC(=O)N2CCN(c3ccc(C)nn3)CC2)cc1. The molecule has 1 unspecified atom stereocenters. The fourth-order valence-electron chi connectivity index (χ4n) is 3.03. The second-order valence-corrected chi connectivity index (χ2v) is 6.87. The summed E-state index contributed by atoms with van der Waals surface area (Å²) in [5.74, 6) is 1.41. The Labute approximate surface area is 155 Å². The summed E-state index contributed by atoms with van der Waals surface area (Å²) in [6.07, 6.45) is 1.11. The second-order valence-electron chi connectivity index (χ2n) is 6.87. The van der Waals surface area contributed by atoms with Gasteiger partial charge in [0.1, 0.15) is 0 Å². The molecule has 2 amide bonds. The molecule has 1 atom stereocenters. The number of nitrogens with one attached hydrogen (secondary N) is 1. The Hall–Kier alpha value is -2.63. The minimum Gasteiger partial charge on any atom is -0.352 e. The van der Waals surface area contributed by atoms with Crippen LogP contribution in [0.1, 0.15) is 37.4 Å². The van der Waals surface area contributed by atoms with Crippen molar-refractivity contribution in [3.8, 4) is 0 Å². The van der Waals surface area contributed by atoms with E-state index in [-0.39, 0.29) is 6.03 Å². The molecular weight excluding hydrogens is 326 g/mol. The van der Waals surface area contributed by atoms with Crippen molar-refractivity contribution < 1.29 is 4.79 Å². The summed E-state index contributed by atoms with van der Waals surface area (Å²) in [5, 5.41) is 11.3. The largest absolute Gasteiger partial charge is 0.352 e. The van der Waals surface area contributed by atoms with Gasteiger partial charge in [0.2, 0.25) is 0 Å². The molecule has 6 heteroatoms. The van der Waals surface area contributed by atoms with Gasteiger partial charge in [0, 0.05) is 31.9 Å². The number of hydrogen-bond donors (Lipinski definition) is 1. The summed E-state index contributed by atoms with van der Waals surface area (Å²) >= 11 is 0. The van der Waals surface area contributed by atoms with E-state index >= 15 is 0 Å². The van der Waals surface area contributed by atoms with Gasteiger partial charge in [0.15, 0.2) is 5.82 Å². The van der Waals surface area contributed by atoms with Gasteiger partial charge in [0.25, 0.3) is 0 Å². The van der Waals surface area contributed by atoms with E-state index in [4.69, 9.17) is 0 Å². The summed E-state index contributed by atoms with van der Waals surface area (Å²) in [4.78, 5) is 16.5. The molecule has 1 aromatic heterocycles. The molecule has 26 heavy (non-hydrogen) atoms. The van der Waals surface area contributed by atoms with Gasteiger partial charge in [-0.15, -0.1) is 5.10 Å². The van der Waals surface area contributed by atoms with E-state index in [2.05, 4.69) is 46.4 Å². The molecule has 0 aliphatic carbocycles. The van der Waals surface area contributed by atoms with E-state index in [9.17, 15) is 4.79 Å². The Morgan fingerprint density at radius 2 is 1.77 bits per heavy atom. The van der Waals surface area contributed by atoms with E-state index < -0.39 is 0 Å². The van der Waals surface area contributed by atoms with E-state index in [1.165, 1.54) is 5.56 Å². The van der Waals surface area contributed by atoms with Crippen LogP contribution in [0.15, 0.2) is 36.4 Å². The highest BCUT2D eigenvalue weighted by Gasteiger charge is 2.22. The molecule has 1 N–H and O–H groups in total. The van der Waals surface area contributed by atoms with E-state index in [0.717, 1.165) is 36.7 Å². The maximum atomic E-state index is 12.5. The number of benzene rings is 1. The molecule has 0 saturated carbocycles. The third kappa shape index (κ3) is 4.31. The van der Waals surface area contributed by atoms with Crippen molar-refractivity contribution in [2.24, 2.45) is 0 Å². The smallest absolute Gasteiger partial charge is 0.321 e. The normalized spacial score (nSPS) is 15.7. The molecule has 6 nitrogen and oxygen atoms in total. The van der Waals surface area contributed by atoms with Gasteiger partial charge < -0.3 is 15.1 Å². The molecule has 0 spiro atoms. The van der Waals surface area contributed by atoms with Crippen molar-refractivity contribution in [3.63, 3.8) is 0 Å². The maximum absolute atomic E-state index is 12.5. The van der Waals surface area contributed by atoms with Crippen molar-refractivity contribution >= 4 is 17.5 Å². The van der Waals surface area contributed by atoms with Crippen LogP contribution >= 0.6 is 0 Å². The molecule has 1 aliphatic heterocycles. The number of carbonyl (C=O) groups excluding carboxylic acids is 1. The third-order valence-corrected chi connectivity index (χ3v) is 5.02. The number of rotatable bonds is 4. The van der Waals surface area contributed by atoms with Crippen LogP contribution in [0.5, 0.6) is 0 Å². The minimum absolute atomic E-state index is 0.0454. The van der Waals surface area contributed by atoms with Crippen LogP contribution < -0.4 is 10.2 Å². The average Bonchev–Trinajstić information content (AvgIpc) is 2.68. The minimum atomic E-state index is -0.0454. The summed E-state index contributed by atoms with van der Waals surface area (Å²) in [6.45, 7) is 9.19. The van der Waals surface area contributed by atoms with Crippen molar-refractivity contribution in [3.05, 3.63) is 47.7 Å². The Morgan fingerprint density at radius 3 is 2.35 bits per heavy atom. The van der Waals surface area contributed by atoms with Gasteiger partial charge >= 0.3 is 6.03 Å². The number of hydrogen-bond acceptors (Lipinski definition) is 4. The van der Waals surface area contributed by atoms with Gasteiger partial charge in [0.05, 0.1) is 5.69 Å². The fourth-order valence-corrected chi connectivity index (χ4v) is 3.03. The molecule has 1 aromatic carbocycles. The van der Waals surface area contributed by atoms with Crippen molar-refractivity contribution in [1.29, 1.82) is 0 Å². The Balaban J connectivity index is 1.52. The van der Waals surface area contributed by atoms with Gasteiger partial charge in [-0.05, 0) is 49.1 Å². The molecule has 1 saturated heterocycles. The lowest BCUT2D eigenvalue weighted by atomic mass is 9.99. The molecule has 2 aromatic rings. The van der Waals surface area contributed by atoms with Crippen LogP contribution in [-0.2, 0) is 0 Å². The van der Waals surface area contributed by atoms with Gasteiger partial charge in [-0.2, -0.15) is 5.10 Å². The first kappa shape index (κ1) is 18.2. The number of nitrogens with zero attached hydrogens (tertiary/aromatic N) is 4. The van der Waals surface area contributed by atoms with Crippen LogP contribution in [0.3, 0.4) is 0 Å². The number of aromatic nitrogens is 2. The third-order valence-electron chi connectivity index (χ3n) is 5.02. The standard InChI is InChI=1S/C20H27N5O/c1-4-15(2)17-6-8-18(9-7-17)21-20(26)25-13-11-24(12-14-25)19-10-5-16(3)22-23-19/h5-10,15H,4,11-14H2,1-3H3,(H,21,26). The van der Waals surface area contributed by atoms with Crippen molar-refractivity contribution in [2.45, 2.75) is 33.1 Å². The summed E-state index contributed by atoms with van der Waals surface area (Å²) in [5.41, 5.74) is 3.05. The number of piperazine rings is 1. The number of anilines is 2. The first-order valence-electron chi connectivity index (χ1n) is 9.28. The molecular formula is C20H27N5O. The zero-order valence-electron chi connectivity index (χ0n) is 15.8. The molecule has 2 heterocycles. The molecule has 0 radical (unpaired) electrons. The topological polar surface area (TPSA) is 61.4 Å². The van der Waals surface area contributed by atoms with Crippen LogP contribution in [-0.4, -0.2) is 47.3 Å². The molecule has 138 valence electrons. The van der Waals surface area contributed by atoms with Crippen molar-refractivity contribution in [2.75, 3.05) is 36.4 Å². The summed E-state index contributed by atoms with van der Waals surface area (Å²) < 4.78 is 0. The molecule has 1 aliphatic rings. The summed E-state index contributed by atoms with van der Waals surface area (Å²) in [6, 6.07) is 12.1. The lowest BCUT2D eigenvalue weighted by molar-refractivity contribution is 0.208. The Kier molecular flexibility index (Phi) is 5.71. The quantitative estimate of drug-likeness (QED) is 0.911. The van der Waals surface area contributed by atoms with Crippen molar-refractivity contribution in [1.82, 2.24) is 15.1 Å². The molecule has 3 rings (SSSR count). The summed E-state index contributed by atoms with van der Waals surface area (Å²) in [7, 11) is 0. The first-order chi connectivity index (χ1) is 12.6. The highest BCUT2D eigenvalue weighted by Crippen LogP contribution is 2.21. The maximum Gasteiger partial charge on any atom is 0.321 e. The lowest BCUT2D eigenvalue weighted by Crippen LogP contribution is -2.50. The Morgan fingerprint density at radius 1 is 1.08 bits per heavy atom. The zero-order chi connectivity index (χ0) is 18.5. The van der Waals surface area contributed by atoms with Crippen LogP contribution in [0.2, 0.25) is 0 Å². The van der Waals surface area contributed by atoms with E-state index in [0.29, 0.717) is 19.0 Å². The fraction of sp³-hybridized carbons (Fsp3) is 0.450. The van der Waals surface area contributed by atoms with Gasteiger partial charge in [-0.3, -0.25) is 0 Å². The van der Waals surface area contributed by atoms with Crippen LogP contribution in [0, 0.1) is 6.92 Å². The van der Waals surface area contributed by atoms with E-state index in [1.54, 1.807) is 0 Å². The second kappa shape index (κ2) is 8.17. The zero-order valence-corrected chi connectivity index (χ0v) is 15.8. The van der Waals surface area contributed by atoms with Crippen LogP contribution in [0.4, 0.5) is 16.3 Å². The monoisotopic (exact) mass is 353 g/mol. The number of aryl methyl sites for hydroxylation is 1. The van der Waals surface area contributed by atoms with Crippen LogP contribution in [0.25, 0.3) is 0 Å². The number of amides is 2. The van der Waals surface area contributed by atoms with Gasteiger partial charge in [-0.25, -0.2) is 4.79 Å². The lowest BCUT2D eigenvalue weighted by Gasteiger charge is -2.35. The molecule has 1 fully saturated rings. The Bertz CT molecular complexity index is 721. The van der Waals surface area contributed by atoms with Gasteiger partial charge in [-0.1, -0.05) is 26.0 Å². The number of carbonyl (C=O) groups is 1. The number of urea groups is 1. The average molecular weight is 353 g/mol. The highest BCUT2D eigenvalue weighted by molar-refractivity contribution is 5.89. The predicted molar refractivity (Wildman–Crippen MR) is 105 cm³/mol.